The second kappa shape index (κ2) is 9.45. The number of nitrogens with zero attached hydrogens (tertiary/aromatic N) is 2. The number of ketones is 1. The molecule has 0 unspecified atom stereocenters. The molecule has 0 saturated carbocycles. The fraction of sp³-hybridized carbons (Fsp3) is 0.0500. The monoisotopic (exact) mass is 464 g/mol. The van der Waals surface area contributed by atoms with Gasteiger partial charge in [0.25, 0.3) is 0 Å². The van der Waals surface area contributed by atoms with Crippen molar-refractivity contribution in [2.45, 2.75) is 5.75 Å². The molecule has 5 nitrogen and oxygen atoms in total. The summed E-state index contributed by atoms with van der Waals surface area (Å²) in [6, 6.07) is 13.5. The topological polar surface area (TPSA) is 77.0 Å². The Kier molecular flexibility index (Phi) is 6.97. The lowest BCUT2D eigenvalue weighted by molar-refractivity contribution is 0.104. The van der Waals surface area contributed by atoms with E-state index in [-0.39, 0.29) is 5.75 Å². The van der Waals surface area contributed by atoms with Gasteiger partial charge in [-0.1, -0.05) is 52.7 Å². The molecular formula is C20H14Cl2N2O3S2. The molecule has 148 valence electrons. The van der Waals surface area contributed by atoms with E-state index in [1.807, 2.05) is 18.2 Å². The summed E-state index contributed by atoms with van der Waals surface area (Å²) < 4.78 is 24.5. The molecule has 1 aromatic heterocycles. The SMILES string of the molecule is O=C(C=CS(=O)(=O)Cc1nnc(C=Cc2ccc(Cl)cc2)s1)c1ccc(Cl)cc1. The number of rotatable bonds is 7. The van der Waals surface area contributed by atoms with Crippen molar-refractivity contribution in [1.29, 1.82) is 0 Å². The number of carbonyl (C=O) groups is 1. The molecule has 0 N–H and O–H groups in total. The van der Waals surface area contributed by atoms with Crippen molar-refractivity contribution in [2.75, 3.05) is 0 Å². The minimum absolute atomic E-state index is 0.330. The van der Waals surface area contributed by atoms with Gasteiger partial charge >= 0.3 is 0 Å². The first-order chi connectivity index (χ1) is 13.8. The first-order valence-corrected chi connectivity index (χ1v) is 11.6. The van der Waals surface area contributed by atoms with E-state index in [0.717, 1.165) is 17.0 Å². The highest BCUT2D eigenvalue weighted by atomic mass is 35.5. The quantitative estimate of drug-likeness (QED) is 0.348. The van der Waals surface area contributed by atoms with Crippen LogP contribution in [0, 0.1) is 0 Å². The number of hydrogen-bond acceptors (Lipinski definition) is 6. The van der Waals surface area contributed by atoms with Gasteiger partial charge in [0.2, 0.25) is 0 Å². The second-order valence-corrected chi connectivity index (χ2v) is 9.75. The van der Waals surface area contributed by atoms with E-state index in [4.69, 9.17) is 23.2 Å². The average Bonchev–Trinajstić information content (AvgIpc) is 3.13. The summed E-state index contributed by atoms with van der Waals surface area (Å²) >= 11 is 12.8. The fourth-order valence-electron chi connectivity index (χ4n) is 2.23. The van der Waals surface area contributed by atoms with E-state index in [1.54, 1.807) is 30.3 Å². The lowest BCUT2D eigenvalue weighted by atomic mass is 10.1. The van der Waals surface area contributed by atoms with E-state index in [0.29, 0.717) is 25.6 Å². The number of sulfone groups is 1. The maximum atomic E-state index is 12.3. The maximum Gasteiger partial charge on any atom is 0.186 e. The molecule has 3 aromatic rings. The standard InChI is InChI=1S/C20H14Cl2N2O3S2/c21-16-6-1-14(2-7-16)3-10-19-23-24-20(28-19)13-29(26,27)12-11-18(25)15-4-8-17(22)9-5-15/h1-12H,13H2. The molecule has 0 aliphatic heterocycles. The second-order valence-electron chi connectivity index (χ2n) is 5.90. The van der Waals surface area contributed by atoms with E-state index in [9.17, 15) is 13.2 Å². The summed E-state index contributed by atoms with van der Waals surface area (Å²) in [6.45, 7) is 0. The minimum Gasteiger partial charge on any atom is -0.289 e. The molecule has 0 aliphatic rings. The highest BCUT2D eigenvalue weighted by molar-refractivity contribution is 7.93. The van der Waals surface area contributed by atoms with Gasteiger partial charge in [0, 0.05) is 21.0 Å². The van der Waals surface area contributed by atoms with Gasteiger partial charge in [-0.3, -0.25) is 4.79 Å². The van der Waals surface area contributed by atoms with Crippen LogP contribution in [0.15, 0.2) is 60.0 Å². The Hall–Kier alpha value is -2.32. The highest BCUT2D eigenvalue weighted by Crippen LogP contribution is 2.18. The van der Waals surface area contributed by atoms with E-state index in [1.165, 1.54) is 23.5 Å². The third-order valence-electron chi connectivity index (χ3n) is 3.65. The summed E-state index contributed by atoms with van der Waals surface area (Å²) in [5, 5.41) is 10.8. The first-order valence-electron chi connectivity index (χ1n) is 8.27. The number of aromatic nitrogens is 2. The van der Waals surface area contributed by atoms with Crippen LogP contribution < -0.4 is 0 Å². The van der Waals surface area contributed by atoms with Crippen LogP contribution in [0.2, 0.25) is 10.0 Å². The van der Waals surface area contributed by atoms with E-state index < -0.39 is 15.6 Å². The van der Waals surface area contributed by atoms with Gasteiger partial charge in [0.1, 0.15) is 15.8 Å². The van der Waals surface area contributed by atoms with Gasteiger partial charge in [0.15, 0.2) is 15.6 Å². The predicted molar refractivity (Wildman–Crippen MR) is 118 cm³/mol. The van der Waals surface area contributed by atoms with Crippen molar-refractivity contribution < 1.29 is 13.2 Å². The number of carbonyl (C=O) groups excluding carboxylic acids is 1. The summed E-state index contributed by atoms with van der Waals surface area (Å²) in [5.41, 5.74) is 1.29. The van der Waals surface area contributed by atoms with Gasteiger partial charge in [0.05, 0.1) is 0 Å². The predicted octanol–water partition coefficient (Wildman–Crippen LogP) is 5.33. The van der Waals surface area contributed by atoms with Crippen LogP contribution >= 0.6 is 34.5 Å². The van der Waals surface area contributed by atoms with Crippen molar-refractivity contribution in [2.24, 2.45) is 0 Å². The van der Waals surface area contributed by atoms with Gasteiger partial charge in [-0.25, -0.2) is 8.42 Å². The van der Waals surface area contributed by atoms with Crippen molar-refractivity contribution in [3.8, 4) is 0 Å². The zero-order valence-corrected chi connectivity index (χ0v) is 18.0. The first kappa shape index (κ1) is 21.4. The van der Waals surface area contributed by atoms with Crippen LogP contribution in [0.5, 0.6) is 0 Å². The van der Waals surface area contributed by atoms with Crippen molar-refractivity contribution >= 4 is 62.3 Å². The molecule has 1 heterocycles. The maximum absolute atomic E-state index is 12.3. The van der Waals surface area contributed by atoms with E-state index >= 15 is 0 Å². The van der Waals surface area contributed by atoms with Gasteiger partial charge in [-0.15, -0.1) is 10.2 Å². The minimum atomic E-state index is -3.66. The molecule has 0 fully saturated rings. The summed E-state index contributed by atoms with van der Waals surface area (Å²) in [4.78, 5) is 12.1. The Morgan fingerprint density at radius 2 is 1.55 bits per heavy atom. The van der Waals surface area contributed by atoms with Crippen LogP contribution in [0.1, 0.15) is 25.9 Å². The summed E-state index contributed by atoms with van der Waals surface area (Å²) in [7, 11) is -3.66. The zero-order valence-electron chi connectivity index (χ0n) is 14.8. The molecule has 0 amide bonds. The molecule has 9 heteroatoms. The number of hydrogen-bond donors (Lipinski definition) is 0. The van der Waals surface area contributed by atoms with Crippen LogP contribution in [-0.4, -0.2) is 24.4 Å². The molecule has 2 aromatic carbocycles. The molecule has 0 bridgehead atoms. The highest BCUT2D eigenvalue weighted by Gasteiger charge is 2.13. The van der Waals surface area contributed by atoms with Gasteiger partial charge in [-0.2, -0.15) is 0 Å². The normalized spacial score (nSPS) is 12.1. The Labute approximate surface area is 182 Å². The Bertz CT molecular complexity index is 1170. The van der Waals surface area contributed by atoms with Crippen LogP contribution in [0.3, 0.4) is 0 Å². The van der Waals surface area contributed by atoms with Crippen molar-refractivity contribution in [3.05, 3.63) is 91.2 Å². The Morgan fingerprint density at radius 1 is 0.931 bits per heavy atom. The zero-order chi connectivity index (χ0) is 20.9. The third-order valence-corrected chi connectivity index (χ3v) is 6.45. The molecule has 0 aliphatic carbocycles. The van der Waals surface area contributed by atoms with Gasteiger partial charge < -0.3 is 0 Å². The van der Waals surface area contributed by atoms with Gasteiger partial charge in [-0.05, 0) is 54.1 Å². The molecular weight excluding hydrogens is 451 g/mol. The number of allylic oxidation sites excluding steroid dienone is 1. The molecule has 0 radical (unpaired) electrons. The Balaban J connectivity index is 1.63. The molecule has 0 saturated heterocycles. The van der Waals surface area contributed by atoms with Crippen molar-refractivity contribution in [1.82, 2.24) is 10.2 Å². The number of halogens is 2. The molecule has 3 rings (SSSR count). The van der Waals surface area contributed by atoms with Crippen LogP contribution in [-0.2, 0) is 15.6 Å². The van der Waals surface area contributed by atoms with Crippen molar-refractivity contribution in [3.63, 3.8) is 0 Å². The lowest BCUT2D eigenvalue weighted by Gasteiger charge is -1.97. The van der Waals surface area contributed by atoms with Crippen LogP contribution in [0.25, 0.3) is 12.2 Å². The smallest absolute Gasteiger partial charge is 0.186 e. The summed E-state index contributed by atoms with van der Waals surface area (Å²) in [5.74, 6) is -0.752. The number of benzene rings is 2. The third kappa shape index (κ3) is 6.61. The average molecular weight is 465 g/mol. The summed E-state index contributed by atoms with van der Waals surface area (Å²) in [6.07, 6.45) is 4.61. The van der Waals surface area contributed by atoms with Crippen LogP contribution in [0.4, 0.5) is 0 Å². The molecule has 0 spiro atoms. The molecule has 29 heavy (non-hydrogen) atoms. The fourth-order valence-corrected chi connectivity index (χ4v) is 4.58. The van der Waals surface area contributed by atoms with E-state index in [2.05, 4.69) is 10.2 Å². The lowest BCUT2D eigenvalue weighted by Crippen LogP contribution is -2.02. The largest absolute Gasteiger partial charge is 0.289 e. The molecule has 0 atom stereocenters. The Morgan fingerprint density at radius 3 is 2.21 bits per heavy atom.